The second-order valence-electron chi connectivity index (χ2n) is 8.53. The van der Waals surface area contributed by atoms with Crippen molar-refractivity contribution in [2.24, 2.45) is 0 Å². The number of methoxy groups -OCH3 is 1. The Labute approximate surface area is 201 Å². The van der Waals surface area contributed by atoms with Gasteiger partial charge in [0.05, 0.1) is 7.11 Å². The van der Waals surface area contributed by atoms with Gasteiger partial charge in [-0.25, -0.2) is 0 Å². The van der Waals surface area contributed by atoms with Crippen LogP contribution >= 0.6 is 0 Å². The summed E-state index contributed by atoms with van der Waals surface area (Å²) in [7, 11) is 1.67. The monoisotopic (exact) mass is 457 g/mol. The van der Waals surface area contributed by atoms with Gasteiger partial charge in [0.2, 0.25) is 5.91 Å². The van der Waals surface area contributed by atoms with E-state index in [-0.39, 0.29) is 11.8 Å². The molecule has 0 aliphatic carbocycles. The van der Waals surface area contributed by atoms with Crippen LogP contribution in [-0.2, 0) is 17.8 Å². The van der Waals surface area contributed by atoms with E-state index in [2.05, 4.69) is 22.3 Å². The van der Waals surface area contributed by atoms with Crippen LogP contribution in [0.15, 0.2) is 84.9 Å². The SMILES string of the molecule is COc1ccc(CN2CCN(C(=O)C(Cc3ccccc3)NC(=O)c3ccccc3)CC2)cc1. The van der Waals surface area contributed by atoms with E-state index >= 15 is 0 Å². The zero-order valence-electron chi connectivity index (χ0n) is 19.5. The summed E-state index contributed by atoms with van der Waals surface area (Å²) in [5.41, 5.74) is 2.79. The number of nitrogens with one attached hydrogen (secondary N) is 1. The molecule has 1 aliphatic rings. The Bertz CT molecular complexity index is 1060. The van der Waals surface area contributed by atoms with Crippen LogP contribution in [0.2, 0.25) is 0 Å². The molecule has 0 aromatic heterocycles. The van der Waals surface area contributed by atoms with Crippen LogP contribution in [0.4, 0.5) is 0 Å². The van der Waals surface area contributed by atoms with E-state index in [1.807, 2.05) is 65.6 Å². The molecule has 0 bridgehead atoms. The highest BCUT2D eigenvalue weighted by Crippen LogP contribution is 2.15. The Kier molecular flexibility index (Phi) is 7.94. The maximum atomic E-state index is 13.5. The third-order valence-corrected chi connectivity index (χ3v) is 6.17. The number of hydrogen-bond donors (Lipinski definition) is 1. The maximum Gasteiger partial charge on any atom is 0.251 e. The predicted molar refractivity (Wildman–Crippen MR) is 133 cm³/mol. The number of hydrogen-bond acceptors (Lipinski definition) is 4. The lowest BCUT2D eigenvalue weighted by Gasteiger charge is -2.36. The van der Waals surface area contributed by atoms with Crippen molar-refractivity contribution in [3.05, 3.63) is 102 Å². The Morgan fingerprint density at radius 2 is 1.44 bits per heavy atom. The number of nitrogens with zero attached hydrogens (tertiary/aromatic N) is 2. The molecule has 6 nitrogen and oxygen atoms in total. The fourth-order valence-corrected chi connectivity index (χ4v) is 4.22. The van der Waals surface area contributed by atoms with Crippen molar-refractivity contribution in [3.63, 3.8) is 0 Å². The largest absolute Gasteiger partial charge is 0.497 e. The van der Waals surface area contributed by atoms with Gasteiger partial charge in [-0.15, -0.1) is 0 Å². The van der Waals surface area contributed by atoms with Crippen molar-refractivity contribution in [1.29, 1.82) is 0 Å². The highest BCUT2D eigenvalue weighted by molar-refractivity contribution is 5.97. The molecule has 1 aliphatic heterocycles. The summed E-state index contributed by atoms with van der Waals surface area (Å²) in [5.74, 6) is 0.589. The fraction of sp³-hybridized carbons (Fsp3) is 0.286. The van der Waals surface area contributed by atoms with Crippen molar-refractivity contribution in [2.75, 3.05) is 33.3 Å². The lowest BCUT2D eigenvalue weighted by atomic mass is 10.0. The summed E-state index contributed by atoms with van der Waals surface area (Å²) in [6.07, 6.45) is 0.463. The van der Waals surface area contributed by atoms with Crippen molar-refractivity contribution in [2.45, 2.75) is 19.0 Å². The summed E-state index contributed by atoms with van der Waals surface area (Å²) in [6, 6.07) is 26.4. The van der Waals surface area contributed by atoms with E-state index < -0.39 is 6.04 Å². The molecule has 6 heteroatoms. The summed E-state index contributed by atoms with van der Waals surface area (Å²) < 4.78 is 5.23. The molecule has 1 fully saturated rings. The van der Waals surface area contributed by atoms with Crippen molar-refractivity contribution in [1.82, 2.24) is 15.1 Å². The lowest BCUT2D eigenvalue weighted by molar-refractivity contribution is -0.135. The average molecular weight is 458 g/mol. The third kappa shape index (κ3) is 6.23. The van der Waals surface area contributed by atoms with E-state index in [0.717, 1.165) is 30.9 Å². The first-order chi connectivity index (χ1) is 16.6. The van der Waals surface area contributed by atoms with E-state index in [9.17, 15) is 9.59 Å². The zero-order valence-corrected chi connectivity index (χ0v) is 19.5. The number of amides is 2. The Hall–Kier alpha value is -3.64. The number of ether oxygens (including phenoxy) is 1. The second kappa shape index (κ2) is 11.5. The minimum atomic E-state index is -0.608. The standard InChI is InChI=1S/C28H31N3O3/c1-34-25-14-12-23(13-15-25)21-30-16-18-31(19-17-30)28(33)26(20-22-8-4-2-5-9-22)29-27(32)24-10-6-3-7-11-24/h2-15,26H,16-21H2,1H3,(H,29,32). The van der Waals surface area contributed by atoms with Gasteiger partial charge in [-0.1, -0.05) is 60.7 Å². The van der Waals surface area contributed by atoms with Gasteiger partial charge in [-0.05, 0) is 35.4 Å². The van der Waals surface area contributed by atoms with E-state index in [1.54, 1.807) is 19.2 Å². The van der Waals surface area contributed by atoms with Crippen LogP contribution in [-0.4, -0.2) is 60.9 Å². The molecular formula is C28H31N3O3. The quantitative estimate of drug-likeness (QED) is 0.563. The summed E-state index contributed by atoms with van der Waals surface area (Å²) in [5, 5.41) is 2.99. The number of piperazine rings is 1. The van der Waals surface area contributed by atoms with Crippen molar-refractivity contribution >= 4 is 11.8 Å². The number of carbonyl (C=O) groups excluding carboxylic acids is 2. The van der Waals surface area contributed by atoms with Crippen LogP contribution in [0, 0.1) is 0 Å². The minimum absolute atomic E-state index is 0.0303. The third-order valence-electron chi connectivity index (χ3n) is 6.17. The molecule has 1 saturated heterocycles. The minimum Gasteiger partial charge on any atom is -0.497 e. The number of rotatable bonds is 8. The van der Waals surface area contributed by atoms with E-state index in [4.69, 9.17) is 4.74 Å². The first-order valence-corrected chi connectivity index (χ1v) is 11.7. The molecule has 34 heavy (non-hydrogen) atoms. The maximum absolute atomic E-state index is 13.5. The Balaban J connectivity index is 1.38. The topological polar surface area (TPSA) is 61.9 Å². The molecule has 176 valence electrons. The molecule has 2 amide bonds. The van der Waals surface area contributed by atoms with Gasteiger partial charge >= 0.3 is 0 Å². The highest BCUT2D eigenvalue weighted by atomic mass is 16.5. The predicted octanol–water partition coefficient (Wildman–Crippen LogP) is 3.38. The van der Waals surface area contributed by atoms with E-state index in [1.165, 1.54) is 5.56 Å². The molecule has 0 spiro atoms. The van der Waals surface area contributed by atoms with Crippen LogP contribution < -0.4 is 10.1 Å². The number of carbonyl (C=O) groups is 2. The van der Waals surface area contributed by atoms with E-state index in [0.29, 0.717) is 25.1 Å². The van der Waals surface area contributed by atoms with Gasteiger partial charge in [-0.2, -0.15) is 0 Å². The molecule has 3 aromatic carbocycles. The van der Waals surface area contributed by atoms with Gasteiger partial charge in [0.1, 0.15) is 11.8 Å². The average Bonchev–Trinajstić information content (AvgIpc) is 2.90. The molecule has 3 aromatic rings. The molecule has 4 rings (SSSR count). The van der Waals surface area contributed by atoms with Crippen LogP contribution in [0.1, 0.15) is 21.5 Å². The van der Waals surface area contributed by atoms with Crippen LogP contribution in [0.25, 0.3) is 0 Å². The van der Waals surface area contributed by atoms with Crippen molar-refractivity contribution < 1.29 is 14.3 Å². The van der Waals surface area contributed by atoms with Crippen LogP contribution in [0.5, 0.6) is 5.75 Å². The highest BCUT2D eigenvalue weighted by Gasteiger charge is 2.29. The molecular weight excluding hydrogens is 426 g/mol. The second-order valence-corrected chi connectivity index (χ2v) is 8.53. The zero-order chi connectivity index (χ0) is 23.8. The fourth-order valence-electron chi connectivity index (χ4n) is 4.22. The summed E-state index contributed by atoms with van der Waals surface area (Å²) >= 11 is 0. The Morgan fingerprint density at radius 1 is 0.824 bits per heavy atom. The number of benzene rings is 3. The molecule has 1 N–H and O–H groups in total. The molecule has 1 unspecified atom stereocenters. The van der Waals surface area contributed by atoms with Gasteiger partial charge in [-0.3, -0.25) is 14.5 Å². The normalized spacial score (nSPS) is 14.9. The first kappa shape index (κ1) is 23.5. The molecule has 0 saturated carbocycles. The van der Waals surface area contributed by atoms with Gasteiger partial charge in [0, 0.05) is 44.7 Å². The smallest absolute Gasteiger partial charge is 0.251 e. The summed E-state index contributed by atoms with van der Waals surface area (Å²) in [6.45, 7) is 3.71. The van der Waals surface area contributed by atoms with Crippen LogP contribution in [0.3, 0.4) is 0 Å². The van der Waals surface area contributed by atoms with Gasteiger partial charge < -0.3 is 15.0 Å². The first-order valence-electron chi connectivity index (χ1n) is 11.7. The molecule has 1 heterocycles. The molecule has 1 atom stereocenters. The molecule has 0 radical (unpaired) electrons. The van der Waals surface area contributed by atoms with Gasteiger partial charge in [0.25, 0.3) is 5.91 Å². The Morgan fingerprint density at radius 3 is 2.06 bits per heavy atom. The summed E-state index contributed by atoms with van der Waals surface area (Å²) in [4.78, 5) is 30.5. The van der Waals surface area contributed by atoms with Gasteiger partial charge in [0.15, 0.2) is 0 Å². The van der Waals surface area contributed by atoms with Crippen molar-refractivity contribution in [3.8, 4) is 5.75 Å². The lowest BCUT2D eigenvalue weighted by Crippen LogP contribution is -2.55.